The van der Waals surface area contributed by atoms with Gasteiger partial charge in [-0.25, -0.2) is 0 Å². The van der Waals surface area contributed by atoms with Gasteiger partial charge in [-0.2, -0.15) is 0 Å². The van der Waals surface area contributed by atoms with Crippen LogP contribution in [0.4, 0.5) is 5.69 Å². The van der Waals surface area contributed by atoms with Crippen molar-refractivity contribution in [1.29, 1.82) is 0 Å². The summed E-state index contributed by atoms with van der Waals surface area (Å²) < 4.78 is 5.04. The minimum Gasteiger partial charge on any atom is -0.504 e. The van der Waals surface area contributed by atoms with Crippen LogP contribution in [0.5, 0.6) is 11.5 Å². The molecule has 2 amide bonds. The van der Waals surface area contributed by atoms with E-state index in [0.717, 1.165) is 48.3 Å². The van der Waals surface area contributed by atoms with Gasteiger partial charge in [-0.3, -0.25) is 14.5 Å². The highest BCUT2D eigenvalue weighted by Crippen LogP contribution is 2.26. The fourth-order valence-electron chi connectivity index (χ4n) is 4.52. The number of aryl methyl sites for hydroxylation is 2. The fourth-order valence-corrected chi connectivity index (χ4v) is 4.52. The number of likely N-dealkylation sites (tertiary alicyclic amines) is 1. The Labute approximate surface area is 229 Å². The van der Waals surface area contributed by atoms with Crippen LogP contribution in [0.25, 0.3) is 0 Å². The van der Waals surface area contributed by atoms with E-state index in [1.54, 1.807) is 18.2 Å². The number of carbonyl (C=O) groups is 2. The Kier molecular flexibility index (Phi) is 14.3. The van der Waals surface area contributed by atoms with Crippen molar-refractivity contribution in [2.45, 2.75) is 85.1 Å². The van der Waals surface area contributed by atoms with Crippen molar-refractivity contribution >= 4 is 17.5 Å². The molecule has 0 atom stereocenters. The van der Waals surface area contributed by atoms with E-state index in [2.05, 4.69) is 22.5 Å². The zero-order chi connectivity index (χ0) is 27.8. The number of para-hydroxylation sites is 1. The highest BCUT2D eigenvalue weighted by Gasteiger charge is 2.16. The van der Waals surface area contributed by atoms with Crippen LogP contribution in [0.1, 0.15) is 81.4 Å². The Morgan fingerprint density at radius 3 is 2.26 bits per heavy atom. The van der Waals surface area contributed by atoms with Crippen LogP contribution < -0.4 is 15.4 Å². The van der Waals surface area contributed by atoms with Crippen molar-refractivity contribution < 1.29 is 19.4 Å². The summed E-state index contributed by atoms with van der Waals surface area (Å²) in [4.78, 5) is 25.9. The second kappa shape index (κ2) is 17.4. The van der Waals surface area contributed by atoms with Crippen LogP contribution in [0.2, 0.25) is 0 Å². The second-order valence-corrected chi connectivity index (χ2v) is 10.1. The minimum absolute atomic E-state index is 0.0810. The van der Waals surface area contributed by atoms with E-state index in [1.165, 1.54) is 45.6 Å². The van der Waals surface area contributed by atoms with Crippen molar-refractivity contribution in [2.75, 3.05) is 32.1 Å². The van der Waals surface area contributed by atoms with E-state index in [0.29, 0.717) is 25.3 Å². The van der Waals surface area contributed by atoms with Crippen molar-refractivity contribution in [1.82, 2.24) is 10.2 Å². The molecule has 0 bridgehead atoms. The number of nitrogens with zero attached hydrogens (tertiary/aromatic N) is 1. The number of phenols is 1. The average Bonchev–Trinajstić information content (AvgIpc) is 3.41. The maximum Gasteiger partial charge on any atom is 0.238 e. The molecular weight excluding hydrogens is 478 g/mol. The van der Waals surface area contributed by atoms with Crippen LogP contribution in [0.15, 0.2) is 36.4 Å². The topological polar surface area (TPSA) is 90.9 Å². The number of amides is 2. The van der Waals surface area contributed by atoms with Crippen molar-refractivity contribution in [3.63, 3.8) is 0 Å². The molecule has 3 rings (SSSR count). The highest BCUT2D eigenvalue weighted by molar-refractivity contribution is 5.93. The largest absolute Gasteiger partial charge is 0.504 e. The number of aromatic hydroxyl groups is 1. The van der Waals surface area contributed by atoms with Gasteiger partial charge in [0.15, 0.2) is 11.5 Å². The first-order valence-electron chi connectivity index (χ1n) is 14.0. The van der Waals surface area contributed by atoms with Crippen molar-refractivity contribution in [3.05, 3.63) is 53.1 Å². The lowest BCUT2D eigenvalue weighted by atomic mass is 10.1. The van der Waals surface area contributed by atoms with E-state index in [1.807, 2.05) is 32.0 Å². The number of nitrogens with one attached hydrogen (secondary N) is 2. The van der Waals surface area contributed by atoms with Gasteiger partial charge in [0.25, 0.3) is 0 Å². The first-order chi connectivity index (χ1) is 18.3. The fraction of sp³-hybridized carbons (Fsp3) is 0.548. The number of unbranched alkanes of at least 4 members (excludes halogenated alkanes) is 5. The third-order valence-corrected chi connectivity index (χ3v) is 6.80. The summed E-state index contributed by atoms with van der Waals surface area (Å²) >= 11 is 0. The van der Waals surface area contributed by atoms with Gasteiger partial charge in [0.1, 0.15) is 0 Å². The molecule has 7 heteroatoms. The second-order valence-electron chi connectivity index (χ2n) is 10.1. The predicted octanol–water partition coefficient (Wildman–Crippen LogP) is 6.11. The SMILES string of the molecule is CCCCCCCCC(=O)NCc1ccc(O)c(OC)c1.Cc1cccc(C)c1NC(=O)CN1CCCC1. The molecule has 1 fully saturated rings. The Hall–Kier alpha value is -3.06. The van der Waals surface area contributed by atoms with Gasteiger partial charge < -0.3 is 20.5 Å². The van der Waals surface area contributed by atoms with Crippen LogP contribution in [-0.4, -0.2) is 48.6 Å². The molecule has 1 saturated heterocycles. The maximum atomic E-state index is 11.9. The van der Waals surface area contributed by atoms with Crippen LogP contribution in [0, 0.1) is 13.8 Å². The number of hydrogen-bond donors (Lipinski definition) is 3. The van der Waals surface area contributed by atoms with Gasteiger partial charge in [-0.1, -0.05) is 63.3 Å². The standard InChI is InChI=1S/C17H27NO3.C14H20N2O/c1-3-4-5-6-7-8-9-17(20)18-13-14-10-11-15(19)16(12-14)21-2;1-11-6-5-7-12(2)14(11)15-13(17)10-16-8-3-4-9-16/h10-12,19H,3-9,13H2,1-2H3,(H,18,20);5-7H,3-4,8-10H2,1-2H3,(H,15,17). The third kappa shape index (κ3) is 11.5. The number of ether oxygens (including phenoxy) is 1. The van der Waals surface area contributed by atoms with E-state index < -0.39 is 0 Å². The lowest BCUT2D eigenvalue weighted by molar-refractivity contribution is -0.121. The normalized spacial score (nSPS) is 12.9. The monoisotopic (exact) mass is 525 g/mol. The highest BCUT2D eigenvalue weighted by atomic mass is 16.5. The number of rotatable bonds is 13. The van der Waals surface area contributed by atoms with E-state index in [9.17, 15) is 14.7 Å². The Balaban J connectivity index is 0.000000272. The van der Waals surface area contributed by atoms with E-state index in [-0.39, 0.29) is 17.6 Å². The number of carbonyl (C=O) groups excluding carboxylic acids is 2. The summed E-state index contributed by atoms with van der Waals surface area (Å²) in [5.74, 6) is 0.721. The predicted molar refractivity (Wildman–Crippen MR) is 155 cm³/mol. The third-order valence-electron chi connectivity index (χ3n) is 6.80. The Bertz CT molecular complexity index is 982. The molecule has 1 heterocycles. The van der Waals surface area contributed by atoms with E-state index in [4.69, 9.17) is 4.74 Å². The van der Waals surface area contributed by atoms with Gasteiger partial charge >= 0.3 is 0 Å². The quantitative estimate of drug-likeness (QED) is 0.275. The molecule has 0 aromatic heterocycles. The molecule has 1 aliphatic rings. The number of methoxy groups -OCH3 is 1. The molecule has 1 aliphatic heterocycles. The number of hydrogen-bond acceptors (Lipinski definition) is 5. The smallest absolute Gasteiger partial charge is 0.238 e. The summed E-state index contributed by atoms with van der Waals surface area (Å²) in [5, 5.41) is 15.4. The summed E-state index contributed by atoms with van der Waals surface area (Å²) in [6, 6.07) is 11.2. The Morgan fingerprint density at radius 1 is 0.947 bits per heavy atom. The molecule has 0 radical (unpaired) electrons. The first kappa shape index (κ1) is 31.2. The number of benzene rings is 2. The maximum absolute atomic E-state index is 11.9. The van der Waals surface area contributed by atoms with Gasteiger partial charge in [0.2, 0.25) is 11.8 Å². The molecule has 7 nitrogen and oxygen atoms in total. The molecule has 38 heavy (non-hydrogen) atoms. The van der Waals surface area contributed by atoms with Crippen LogP contribution in [-0.2, 0) is 16.1 Å². The summed E-state index contributed by atoms with van der Waals surface area (Å²) in [7, 11) is 1.51. The number of phenolic OH excluding ortho intramolecular Hbond substituents is 1. The Morgan fingerprint density at radius 2 is 1.61 bits per heavy atom. The molecule has 210 valence electrons. The molecule has 2 aromatic carbocycles. The van der Waals surface area contributed by atoms with E-state index >= 15 is 0 Å². The molecule has 0 unspecified atom stereocenters. The first-order valence-corrected chi connectivity index (χ1v) is 14.0. The van der Waals surface area contributed by atoms with Crippen LogP contribution >= 0.6 is 0 Å². The van der Waals surface area contributed by atoms with Crippen LogP contribution in [0.3, 0.4) is 0 Å². The van der Waals surface area contributed by atoms with Gasteiger partial charge in [-0.05, 0) is 75.0 Å². The van der Waals surface area contributed by atoms with Crippen molar-refractivity contribution in [3.8, 4) is 11.5 Å². The minimum atomic E-state index is 0.0810. The molecule has 0 saturated carbocycles. The zero-order valence-electron chi connectivity index (χ0n) is 23.8. The molecule has 2 aromatic rings. The van der Waals surface area contributed by atoms with Crippen molar-refractivity contribution in [2.24, 2.45) is 0 Å². The lowest BCUT2D eigenvalue weighted by Gasteiger charge is -2.16. The molecule has 0 spiro atoms. The average molecular weight is 526 g/mol. The summed E-state index contributed by atoms with van der Waals surface area (Å²) in [6.45, 7) is 9.35. The van der Waals surface area contributed by atoms with Gasteiger partial charge in [0, 0.05) is 18.7 Å². The zero-order valence-corrected chi connectivity index (χ0v) is 23.8. The summed E-state index contributed by atoms with van der Waals surface area (Å²) in [5.41, 5.74) is 4.14. The van der Waals surface area contributed by atoms with Gasteiger partial charge in [-0.15, -0.1) is 0 Å². The molecule has 0 aliphatic carbocycles. The summed E-state index contributed by atoms with van der Waals surface area (Å²) in [6.07, 6.45) is 10.1. The number of anilines is 1. The molecular formula is C31H47N3O4. The molecule has 3 N–H and O–H groups in total. The lowest BCUT2D eigenvalue weighted by Crippen LogP contribution is -2.31. The van der Waals surface area contributed by atoms with Gasteiger partial charge in [0.05, 0.1) is 13.7 Å².